The van der Waals surface area contributed by atoms with Gasteiger partial charge in [0.05, 0.1) is 31.7 Å². The smallest absolute Gasteiger partial charge is 0.744 e. The number of nitrogens with zero attached hydrogens (tertiary/aromatic N) is 4. The molecule has 3 N–H and O–H groups in total. The standard InChI is InChI=1S/C30H21N5O13S4.4Li/c31-23-14-21-16(12-28(23)52(45,46)47)11-26(48-49(37)38)29(30(21)36)35-34-25-9-8-24(20-7-5-18(13-22(20)25)50(39,40)41)33-32-17-4-6-19-15(10-17)2-1-3-27(19)51(42,43)44;;;;/h1-14,36H,31H2,(H,37,38)(H,39,40,41)(H,42,43,44)(H,45,46,47);;;;/q;4*+1/p-4. The summed E-state index contributed by atoms with van der Waals surface area (Å²) in [6, 6.07) is 16.9. The normalized spacial score (nSPS) is 12.5. The third-order valence-corrected chi connectivity index (χ3v) is 10.4. The van der Waals surface area contributed by atoms with Gasteiger partial charge in [0.2, 0.25) is 0 Å². The molecule has 56 heavy (non-hydrogen) atoms. The monoisotopic (exact) mass is 811 g/mol. The second kappa shape index (κ2) is 18.7. The second-order valence-corrected chi connectivity index (χ2v) is 15.4. The quantitative estimate of drug-likeness (QED) is 0.0451. The number of phenols is 1. The molecule has 0 amide bonds. The third-order valence-electron chi connectivity index (χ3n) is 7.46. The van der Waals surface area contributed by atoms with Crippen LogP contribution in [0.4, 0.5) is 28.4 Å². The number of rotatable bonds is 9. The van der Waals surface area contributed by atoms with Gasteiger partial charge in [-0.25, -0.2) is 29.5 Å². The zero-order valence-corrected chi connectivity index (χ0v) is 32.7. The first-order valence-corrected chi connectivity index (χ1v) is 19.2. The number of nitrogen functional groups attached to an aromatic ring is 1. The number of aromatic hydroxyl groups is 1. The van der Waals surface area contributed by atoms with Crippen molar-refractivity contribution in [2.45, 2.75) is 14.7 Å². The molecule has 26 heteroatoms. The van der Waals surface area contributed by atoms with Crippen LogP contribution in [0.25, 0.3) is 32.3 Å². The summed E-state index contributed by atoms with van der Waals surface area (Å²) in [6.45, 7) is 0. The molecule has 0 fully saturated rings. The van der Waals surface area contributed by atoms with Crippen molar-refractivity contribution < 1.29 is 132 Å². The first-order chi connectivity index (χ1) is 24.3. The first kappa shape index (κ1) is 49.1. The number of phenolic OH excluding ortho intramolecular Hbond substituents is 1. The number of nitrogens with two attached hydrogens (primary N) is 1. The Bertz CT molecular complexity index is 2940. The van der Waals surface area contributed by atoms with Crippen molar-refractivity contribution >= 4 is 102 Å². The van der Waals surface area contributed by atoms with E-state index in [-0.39, 0.29) is 119 Å². The van der Waals surface area contributed by atoms with Crippen molar-refractivity contribution in [1.82, 2.24) is 0 Å². The molecular weight excluding hydrogens is 794 g/mol. The van der Waals surface area contributed by atoms with Gasteiger partial charge in [0.25, 0.3) is 0 Å². The van der Waals surface area contributed by atoms with Crippen molar-refractivity contribution in [3.05, 3.63) is 84.9 Å². The molecule has 0 saturated carbocycles. The van der Waals surface area contributed by atoms with E-state index in [0.29, 0.717) is 5.39 Å². The van der Waals surface area contributed by atoms with Crippen LogP contribution in [-0.2, 0) is 41.7 Å². The molecule has 1 atom stereocenters. The molecule has 0 aromatic heterocycles. The summed E-state index contributed by atoms with van der Waals surface area (Å²) in [6.07, 6.45) is 0. The Balaban J connectivity index is 0.00000271. The van der Waals surface area contributed by atoms with E-state index in [1.54, 1.807) is 6.07 Å². The number of azo groups is 2. The minimum atomic E-state index is -5.07. The van der Waals surface area contributed by atoms with E-state index in [2.05, 4.69) is 20.5 Å². The summed E-state index contributed by atoms with van der Waals surface area (Å²) >= 11 is -3.26. The Hall–Kier alpha value is -3.07. The molecule has 0 radical (unpaired) electrons. The van der Waals surface area contributed by atoms with Crippen LogP contribution in [0.3, 0.4) is 0 Å². The van der Waals surface area contributed by atoms with E-state index in [4.69, 9.17) is 9.92 Å². The van der Waals surface area contributed by atoms with Crippen LogP contribution in [0.15, 0.2) is 120 Å². The Morgan fingerprint density at radius 2 is 1.21 bits per heavy atom. The van der Waals surface area contributed by atoms with Crippen molar-refractivity contribution in [3.8, 4) is 11.5 Å². The molecule has 0 aliphatic rings. The Labute approximate surface area is 368 Å². The number of benzene rings is 6. The Kier molecular flexibility index (Phi) is 16.4. The fourth-order valence-electron chi connectivity index (χ4n) is 5.20. The summed E-state index contributed by atoms with van der Waals surface area (Å²) < 4.78 is 133. The topological polar surface area (TPSA) is 317 Å². The van der Waals surface area contributed by atoms with E-state index < -0.39 is 79.3 Å². The number of anilines is 1. The number of hydrogen-bond donors (Lipinski definition) is 2. The van der Waals surface area contributed by atoms with Gasteiger partial charge in [0.1, 0.15) is 41.7 Å². The van der Waals surface area contributed by atoms with Crippen molar-refractivity contribution in [3.63, 3.8) is 0 Å². The zero-order chi connectivity index (χ0) is 37.7. The maximum Gasteiger partial charge on any atom is 1.00 e. The molecule has 268 valence electrons. The summed E-state index contributed by atoms with van der Waals surface area (Å²) in [5.41, 5.74) is 4.80. The van der Waals surface area contributed by atoms with Crippen LogP contribution in [0.1, 0.15) is 0 Å². The SMILES string of the molecule is Nc1cc2c(O)c(N=Nc3ccc(N=Nc4ccc5c(S(=O)(=O)[O-])cccc5c4)c4ccc(S(=O)(=O)[O-])cc34)c(OS(=O)[O-])cc2cc1S(=O)(=O)[O-].[Li+].[Li+].[Li+].[Li+]. The van der Waals surface area contributed by atoms with Gasteiger partial charge in [-0.1, -0.05) is 24.3 Å². The van der Waals surface area contributed by atoms with Crippen LogP contribution >= 0.6 is 0 Å². The van der Waals surface area contributed by atoms with E-state index in [0.717, 1.165) is 30.3 Å². The molecule has 0 heterocycles. The molecule has 6 aromatic carbocycles. The van der Waals surface area contributed by atoms with E-state index in [1.165, 1.54) is 48.5 Å². The first-order valence-electron chi connectivity index (χ1n) is 14.0. The molecule has 6 aromatic rings. The van der Waals surface area contributed by atoms with Crippen molar-refractivity contribution in [2.75, 3.05) is 5.73 Å². The van der Waals surface area contributed by atoms with E-state index in [9.17, 15) is 52.8 Å². The van der Waals surface area contributed by atoms with Crippen LogP contribution in [-0.4, -0.2) is 52.8 Å². The molecule has 0 bridgehead atoms. The van der Waals surface area contributed by atoms with Gasteiger partial charge in [-0.15, -0.1) is 15.3 Å². The fraction of sp³-hybridized carbons (Fsp3) is 0. The van der Waals surface area contributed by atoms with Gasteiger partial charge in [0, 0.05) is 21.8 Å². The summed E-state index contributed by atoms with van der Waals surface area (Å²) in [4.78, 5) is -1.93. The van der Waals surface area contributed by atoms with Crippen LogP contribution < -0.4 is 85.4 Å². The second-order valence-electron chi connectivity index (χ2n) is 10.7. The van der Waals surface area contributed by atoms with Gasteiger partial charge < -0.3 is 33.2 Å². The minimum absolute atomic E-state index is 0. The molecule has 0 aliphatic carbocycles. The maximum absolute atomic E-state index is 11.9. The number of fused-ring (bicyclic) bond motifs is 3. The Morgan fingerprint density at radius 3 is 1.82 bits per heavy atom. The van der Waals surface area contributed by atoms with Gasteiger partial charge in [-0.3, -0.25) is 0 Å². The van der Waals surface area contributed by atoms with Crippen LogP contribution in [0, 0.1) is 0 Å². The maximum atomic E-state index is 11.9. The summed E-state index contributed by atoms with van der Waals surface area (Å²) in [5.74, 6) is -1.45. The van der Waals surface area contributed by atoms with Gasteiger partial charge in [-0.2, -0.15) is 5.11 Å². The predicted molar refractivity (Wildman–Crippen MR) is 180 cm³/mol. The third kappa shape index (κ3) is 10.5. The summed E-state index contributed by atoms with van der Waals surface area (Å²) in [7, 11) is -14.8. The molecule has 0 aliphatic heterocycles. The Morgan fingerprint density at radius 1 is 0.607 bits per heavy atom. The molecule has 0 saturated heterocycles. The zero-order valence-electron chi connectivity index (χ0n) is 29.4. The average molecular weight is 812 g/mol. The van der Waals surface area contributed by atoms with Crippen LogP contribution in [0.2, 0.25) is 0 Å². The largest absolute Gasteiger partial charge is 1.00 e. The van der Waals surface area contributed by atoms with Crippen LogP contribution in [0.5, 0.6) is 11.5 Å². The average Bonchev–Trinajstić information content (AvgIpc) is 3.05. The predicted octanol–water partition coefficient (Wildman–Crippen LogP) is -6.83. The van der Waals surface area contributed by atoms with Gasteiger partial charge in [0.15, 0.2) is 17.2 Å². The van der Waals surface area contributed by atoms with E-state index >= 15 is 0 Å². The minimum Gasteiger partial charge on any atom is -0.744 e. The van der Waals surface area contributed by atoms with Crippen molar-refractivity contribution in [1.29, 1.82) is 0 Å². The summed E-state index contributed by atoms with van der Waals surface area (Å²) in [5, 5.41) is 27.7. The van der Waals surface area contributed by atoms with Gasteiger partial charge in [-0.05, 0) is 76.8 Å². The van der Waals surface area contributed by atoms with E-state index in [1.807, 2.05) is 0 Å². The molecule has 0 spiro atoms. The molecule has 6 rings (SSSR count). The van der Waals surface area contributed by atoms with Gasteiger partial charge >= 0.3 is 75.4 Å². The molecule has 18 nitrogen and oxygen atoms in total. The number of hydrogen-bond acceptors (Lipinski definition) is 18. The van der Waals surface area contributed by atoms with Crippen molar-refractivity contribution in [2.24, 2.45) is 20.5 Å². The molecular formula is C30H17Li4N5O13S4. The fourth-order valence-corrected chi connectivity index (χ4v) is 7.29. The molecule has 1 unspecified atom stereocenters.